The van der Waals surface area contributed by atoms with Gasteiger partial charge in [-0.25, -0.2) is 0 Å². The highest BCUT2D eigenvalue weighted by atomic mass is 127. The molecule has 2 rings (SSSR count). The van der Waals surface area contributed by atoms with E-state index in [0.717, 1.165) is 5.92 Å². The van der Waals surface area contributed by atoms with E-state index in [1.54, 1.807) is 16.3 Å². The molecule has 0 saturated heterocycles. The summed E-state index contributed by atoms with van der Waals surface area (Å²) < 4.78 is 1.29. The number of alkyl halides is 1. The topological polar surface area (TPSA) is 0 Å². The smallest absolute Gasteiger partial charge is 0.0846 e. The maximum absolute atomic E-state index is 2.54. The third-order valence-corrected chi connectivity index (χ3v) is 8.63. The highest BCUT2D eigenvalue weighted by molar-refractivity contribution is 14.1. The zero-order valence-electron chi connectivity index (χ0n) is 11.7. The fraction of sp³-hybridized carbons (Fsp3) is 0.500. The van der Waals surface area contributed by atoms with Crippen LogP contribution in [-0.2, 0) is 0 Å². The molecular weight excluding hydrogens is 347 g/mol. The molecule has 0 fully saturated rings. The largest absolute Gasteiger partial charge is 0.0857 e. The average Bonchev–Trinajstić information content (AvgIpc) is 2.71. The number of hydrogen-bond acceptors (Lipinski definition) is 0. The molecule has 1 aromatic rings. The van der Waals surface area contributed by atoms with Gasteiger partial charge in [0.25, 0.3) is 0 Å². The fourth-order valence-electron chi connectivity index (χ4n) is 3.00. The second-order valence-electron chi connectivity index (χ2n) is 6.10. The predicted octanol–water partition coefficient (Wildman–Crippen LogP) is 4.76. The monoisotopic (exact) mass is 370 g/mol. The van der Waals surface area contributed by atoms with Gasteiger partial charge in [-0.2, -0.15) is 0 Å². The number of hydrogen-bond donors (Lipinski definition) is 0. The molecule has 1 aliphatic rings. The van der Waals surface area contributed by atoms with E-state index in [1.165, 1.54) is 23.3 Å². The summed E-state index contributed by atoms with van der Waals surface area (Å²) in [5.74, 6) is 0.862. The van der Waals surface area contributed by atoms with Crippen molar-refractivity contribution in [1.82, 2.24) is 0 Å². The Morgan fingerprint density at radius 2 is 1.89 bits per heavy atom. The molecule has 1 aromatic carbocycles. The minimum Gasteiger partial charge on any atom is -0.0857 e. The molecule has 0 aliphatic heterocycles. The first-order valence-corrected chi connectivity index (χ1v) is 11.6. The summed E-state index contributed by atoms with van der Waals surface area (Å²) in [6.45, 7) is 7.40. The van der Waals surface area contributed by atoms with Gasteiger partial charge in [0.15, 0.2) is 0 Å². The summed E-state index contributed by atoms with van der Waals surface area (Å²) in [6, 6.07) is 12.5. The van der Waals surface area contributed by atoms with Crippen LogP contribution in [0.4, 0.5) is 0 Å². The Balaban J connectivity index is 2.17. The number of halogens is 1. The average molecular weight is 370 g/mol. The Morgan fingerprint density at radius 3 is 2.44 bits per heavy atom. The summed E-state index contributed by atoms with van der Waals surface area (Å²) in [4.78, 5) is 0. The van der Waals surface area contributed by atoms with E-state index in [2.05, 4.69) is 72.9 Å². The third-order valence-electron chi connectivity index (χ3n) is 4.36. The fourth-order valence-corrected chi connectivity index (χ4v) is 6.92. The Hall–Kier alpha value is -0.0931. The van der Waals surface area contributed by atoms with Crippen molar-refractivity contribution < 1.29 is 0 Å². The maximum Gasteiger partial charge on any atom is 0.0846 e. The number of rotatable bonds is 4. The minimum atomic E-state index is -1.29. The second kappa shape index (κ2) is 5.91. The van der Waals surface area contributed by atoms with Crippen LogP contribution >= 0.6 is 22.6 Å². The van der Waals surface area contributed by atoms with Crippen LogP contribution in [0.1, 0.15) is 19.8 Å². The van der Waals surface area contributed by atoms with Gasteiger partial charge in [0.05, 0.1) is 8.07 Å². The molecule has 98 valence electrons. The van der Waals surface area contributed by atoms with Crippen LogP contribution < -0.4 is 5.19 Å². The minimum absolute atomic E-state index is 0.862. The third kappa shape index (κ3) is 3.07. The molecule has 0 spiro atoms. The van der Waals surface area contributed by atoms with Gasteiger partial charge in [0.1, 0.15) is 0 Å². The molecule has 0 heterocycles. The van der Waals surface area contributed by atoms with E-state index in [4.69, 9.17) is 0 Å². The molecule has 0 nitrogen and oxygen atoms in total. The van der Waals surface area contributed by atoms with Gasteiger partial charge in [-0.1, -0.05) is 82.3 Å². The van der Waals surface area contributed by atoms with Crippen LogP contribution in [-0.4, -0.2) is 12.5 Å². The zero-order chi connectivity index (χ0) is 13.2. The SMILES string of the molecule is CC1=C(C[Si](C)(C)c2ccccc2)CCC1CI. The van der Waals surface area contributed by atoms with Crippen molar-refractivity contribution >= 4 is 35.9 Å². The van der Waals surface area contributed by atoms with Crippen molar-refractivity contribution in [2.75, 3.05) is 4.43 Å². The quantitative estimate of drug-likeness (QED) is 0.310. The number of benzene rings is 1. The van der Waals surface area contributed by atoms with Gasteiger partial charge in [-0.05, 0) is 31.7 Å². The highest BCUT2D eigenvalue weighted by Crippen LogP contribution is 2.37. The van der Waals surface area contributed by atoms with Gasteiger partial charge in [-0.3, -0.25) is 0 Å². The lowest BCUT2D eigenvalue weighted by atomic mass is 10.1. The molecule has 1 atom stereocenters. The van der Waals surface area contributed by atoms with Crippen molar-refractivity contribution in [2.24, 2.45) is 5.92 Å². The van der Waals surface area contributed by atoms with Gasteiger partial charge in [-0.15, -0.1) is 0 Å². The first-order valence-electron chi connectivity index (χ1n) is 6.84. The van der Waals surface area contributed by atoms with E-state index in [-0.39, 0.29) is 0 Å². The van der Waals surface area contributed by atoms with Crippen molar-refractivity contribution in [3.05, 3.63) is 41.5 Å². The van der Waals surface area contributed by atoms with E-state index in [9.17, 15) is 0 Å². The summed E-state index contributed by atoms with van der Waals surface area (Å²) in [5, 5.41) is 1.60. The standard InChI is InChI=1S/C16H23ISi/c1-13-14(11-17)9-10-15(13)12-18(2,3)16-7-5-4-6-8-16/h4-8,14H,9-12H2,1-3H3. The molecule has 1 aliphatic carbocycles. The molecule has 0 bridgehead atoms. The van der Waals surface area contributed by atoms with Crippen LogP contribution in [0.5, 0.6) is 0 Å². The molecule has 2 heteroatoms. The Morgan fingerprint density at radius 1 is 1.22 bits per heavy atom. The van der Waals surface area contributed by atoms with Crippen LogP contribution in [0.3, 0.4) is 0 Å². The summed E-state index contributed by atoms with van der Waals surface area (Å²) in [5.41, 5.74) is 3.48. The van der Waals surface area contributed by atoms with Gasteiger partial charge in [0.2, 0.25) is 0 Å². The molecule has 0 saturated carbocycles. The van der Waals surface area contributed by atoms with Crippen LogP contribution in [0.2, 0.25) is 19.1 Å². The first kappa shape index (κ1) is 14.3. The lowest BCUT2D eigenvalue weighted by Crippen LogP contribution is -2.41. The Bertz CT molecular complexity index is 434. The number of allylic oxidation sites excluding steroid dienone is 2. The molecule has 0 radical (unpaired) electrons. The van der Waals surface area contributed by atoms with Gasteiger partial charge in [0, 0.05) is 4.43 Å². The maximum atomic E-state index is 2.54. The molecule has 0 N–H and O–H groups in total. The van der Waals surface area contributed by atoms with Crippen LogP contribution in [0, 0.1) is 5.92 Å². The summed E-state index contributed by atoms with van der Waals surface area (Å²) in [7, 11) is -1.29. The predicted molar refractivity (Wildman–Crippen MR) is 92.7 cm³/mol. The normalized spacial score (nSPS) is 20.6. The van der Waals surface area contributed by atoms with Crippen molar-refractivity contribution in [3.8, 4) is 0 Å². The van der Waals surface area contributed by atoms with Gasteiger partial charge >= 0.3 is 0 Å². The second-order valence-corrected chi connectivity index (χ2v) is 11.7. The van der Waals surface area contributed by atoms with Crippen molar-refractivity contribution in [3.63, 3.8) is 0 Å². The molecule has 1 unspecified atom stereocenters. The van der Waals surface area contributed by atoms with E-state index >= 15 is 0 Å². The Labute approximate surface area is 126 Å². The van der Waals surface area contributed by atoms with Crippen molar-refractivity contribution in [2.45, 2.75) is 38.9 Å². The lowest BCUT2D eigenvalue weighted by Gasteiger charge is -2.24. The molecule has 0 amide bonds. The van der Waals surface area contributed by atoms with Crippen LogP contribution in [0.15, 0.2) is 41.5 Å². The molecule has 18 heavy (non-hydrogen) atoms. The summed E-state index contributed by atoms with van der Waals surface area (Å²) in [6.07, 6.45) is 2.74. The van der Waals surface area contributed by atoms with E-state index in [0.29, 0.717) is 0 Å². The highest BCUT2D eigenvalue weighted by Gasteiger charge is 2.29. The van der Waals surface area contributed by atoms with E-state index < -0.39 is 8.07 Å². The Kier molecular flexibility index (Phi) is 4.70. The van der Waals surface area contributed by atoms with Crippen molar-refractivity contribution in [1.29, 1.82) is 0 Å². The van der Waals surface area contributed by atoms with Crippen LogP contribution in [0.25, 0.3) is 0 Å². The first-order chi connectivity index (χ1) is 8.54. The lowest BCUT2D eigenvalue weighted by molar-refractivity contribution is 0.688. The molecule has 0 aromatic heterocycles. The zero-order valence-corrected chi connectivity index (χ0v) is 14.8. The summed E-state index contributed by atoms with van der Waals surface area (Å²) >= 11 is 2.54. The van der Waals surface area contributed by atoms with Gasteiger partial charge < -0.3 is 0 Å². The molecular formula is C16H23ISi. The van der Waals surface area contributed by atoms with E-state index in [1.807, 2.05) is 0 Å².